The molecule has 0 unspecified atom stereocenters. The summed E-state index contributed by atoms with van der Waals surface area (Å²) in [5, 5.41) is 12.4. The number of carbonyl (C=O) groups is 5. The lowest BCUT2D eigenvalue weighted by atomic mass is 9.49. The normalized spacial score (nSPS) is 26.2. The van der Waals surface area contributed by atoms with Gasteiger partial charge in [0, 0.05) is 16.5 Å². The van der Waals surface area contributed by atoms with Crippen molar-refractivity contribution in [1.29, 1.82) is 0 Å². The number of ketones is 1. The lowest BCUT2D eigenvalue weighted by Gasteiger charge is -2.50. The van der Waals surface area contributed by atoms with Crippen LogP contribution in [0.2, 0.25) is 10.0 Å². The monoisotopic (exact) mass is 749 g/mol. The molecule has 268 valence electrons. The number of hydrazine groups is 1. The molecule has 12 heteroatoms. The van der Waals surface area contributed by atoms with Gasteiger partial charge in [-0.1, -0.05) is 59.1 Å². The second-order valence-corrected chi connectivity index (χ2v) is 14.8. The van der Waals surface area contributed by atoms with Gasteiger partial charge in [0.1, 0.15) is 11.5 Å². The fourth-order valence-electron chi connectivity index (χ4n) is 9.02. The summed E-state index contributed by atoms with van der Waals surface area (Å²) in [7, 11) is 1.53. The number of benzene rings is 4. The van der Waals surface area contributed by atoms with Crippen LogP contribution in [0.1, 0.15) is 47.2 Å². The zero-order valence-electron chi connectivity index (χ0n) is 28.6. The Morgan fingerprint density at radius 2 is 1.62 bits per heavy atom. The predicted molar refractivity (Wildman–Crippen MR) is 198 cm³/mol. The van der Waals surface area contributed by atoms with Gasteiger partial charge >= 0.3 is 0 Å². The molecule has 0 spiro atoms. The molecule has 0 aromatic heterocycles. The molecule has 6 atom stereocenters. The van der Waals surface area contributed by atoms with E-state index in [4.69, 9.17) is 27.9 Å². The summed E-state index contributed by atoms with van der Waals surface area (Å²) in [6.45, 7) is 1.44. The van der Waals surface area contributed by atoms with E-state index in [1.165, 1.54) is 31.1 Å². The standard InChI is InChI=1S/C41H33Cl2N3O7/c1-21(47)22-6-11-26(12-7-22)45-37(49)30-16-15-29-31(35(30)39(45)51)20-32-38(50)46(44-34-17-10-25(42)19-33(34)43)40(52)41(32,24-8-13-28(53-2)14-9-24)36(29)23-4-3-5-27(48)18-23/h3-15,17-19,30-32,35-36,44,48H,16,20H2,1-2H3/t30-,31+,32-,35-,36-,41+/m0/s1. The molecule has 4 aliphatic rings. The Kier molecular flexibility index (Phi) is 8.42. The highest BCUT2D eigenvalue weighted by Crippen LogP contribution is 2.64. The maximum absolute atomic E-state index is 15.3. The largest absolute Gasteiger partial charge is 0.508 e. The van der Waals surface area contributed by atoms with Crippen LogP contribution in [0.15, 0.2) is 103 Å². The van der Waals surface area contributed by atoms with Crippen LogP contribution in [0, 0.1) is 23.7 Å². The molecule has 0 bridgehead atoms. The molecule has 3 fully saturated rings. The van der Waals surface area contributed by atoms with Crippen LogP contribution in [0.25, 0.3) is 0 Å². The van der Waals surface area contributed by atoms with Crippen LogP contribution < -0.4 is 15.1 Å². The van der Waals surface area contributed by atoms with Gasteiger partial charge in [0.05, 0.1) is 46.7 Å². The zero-order valence-corrected chi connectivity index (χ0v) is 30.1. The first kappa shape index (κ1) is 34.6. The Morgan fingerprint density at radius 1 is 0.887 bits per heavy atom. The van der Waals surface area contributed by atoms with Gasteiger partial charge in [0.2, 0.25) is 11.8 Å². The molecule has 53 heavy (non-hydrogen) atoms. The summed E-state index contributed by atoms with van der Waals surface area (Å²) in [4.78, 5) is 71.8. The Morgan fingerprint density at radius 3 is 2.28 bits per heavy atom. The number of phenols is 1. The number of hydrogen-bond donors (Lipinski definition) is 2. The summed E-state index contributed by atoms with van der Waals surface area (Å²) >= 11 is 12.7. The highest BCUT2D eigenvalue weighted by molar-refractivity contribution is 6.36. The van der Waals surface area contributed by atoms with E-state index in [1.54, 1.807) is 78.9 Å². The molecule has 2 N–H and O–H groups in total. The van der Waals surface area contributed by atoms with E-state index >= 15 is 4.79 Å². The van der Waals surface area contributed by atoms with E-state index in [1.807, 2.05) is 6.08 Å². The van der Waals surface area contributed by atoms with Crippen LogP contribution in [0.4, 0.5) is 11.4 Å². The minimum atomic E-state index is -1.55. The predicted octanol–water partition coefficient (Wildman–Crippen LogP) is 7.10. The quantitative estimate of drug-likeness (QED) is 0.116. The number of rotatable bonds is 7. The van der Waals surface area contributed by atoms with Crippen LogP contribution >= 0.6 is 23.2 Å². The number of imide groups is 2. The first-order chi connectivity index (χ1) is 25.4. The molecule has 1 saturated carbocycles. The van der Waals surface area contributed by atoms with Crippen LogP contribution in [-0.2, 0) is 24.6 Å². The Bertz CT molecular complexity index is 2260. The van der Waals surface area contributed by atoms with E-state index in [-0.39, 0.29) is 41.0 Å². The van der Waals surface area contributed by atoms with Gasteiger partial charge in [0.25, 0.3) is 11.8 Å². The number of carbonyl (C=O) groups excluding carboxylic acids is 5. The molecule has 4 aromatic rings. The topological polar surface area (TPSA) is 133 Å². The molecule has 2 heterocycles. The average Bonchev–Trinajstić information content (AvgIpc) is 3.53. The van der Waals surface area contributed by atoms with Crippen molar-refractivity contribution >= 4 is 64.0 Å². The molecular weight excluding hydrogens is 717 g/mol. The maximum atomic E-state index is 15.3. The first-order valence-corrected chi connectivity index (χ1v) is 17.9. The third-order valence-corrected chi connectivity index (χ3v) is 11.9. The third kappa shape index (κ3) is 5.26. The molecule has 4 amide bonds. The number of Topliss-reactive ketones (excluding diaryl/α,β-unsaturated/α-hetero) is 1. The Balaban J connectivity index is 1.30. The number of aromatic hydroxyl groups is 1. The number of allylic oxidation sites excluding steroid dienone is 2. The second kappa shape index (κ2) is 12.9. The van der Waals surface area contributed by atoms with Gasteiger partial charge < -0.3 is 9.84 Å². The highest BCUT2D eigenvalue weighted by Gasteiger charge is 2.70. The average molecular weight is 751 g/mol. The fraction of sp³-hybridized carbons (Fsp3) is 0.244. The second-order valence-electron chi connectivity index (χ2n) is 13.9. The minimum absolute atomic E-state index is 0.0349. The van der Waals surface area contributed by atoms with Gasteiger partial charge in [-0.25, -0.2) is 0 Å². The summed E-state index contributed by atoms with van der Waals surface area (Å²) < 4.78 is 5.45. The summed E-state index contributed by atoms with van der Waals surface area (Å²) in [5.74, 6) is -5.43. The lowest BCUT2D eigenvalue weighted by molar-refractivity contribution is -0.138. The van der Waals surface area contributed by atoms with Crippen LogP contribution in [-0.4, -0.2) is 46.6 Å². The molecule has 10 nitrogen and oxygen atoms in total. The van der Waals surface area contributed by atoms with Crippen LogP contribution in [0.3, 0.4) is 0 Å². The number of nitrogens with zero attached hydrogens (tertiary/aromatic N) is 2. The molecular formula is C41H33Cl2N3O7. The van der Waals surface area contributed by atoms with Crippen molar-refractivity contribution in [3.05, 3.63) is 129 Å². The number of amides is 4. The van der Waals surface area contributed by atoms with E-state index in [0.717, 1.165) is 10.6 Å². The van der Waals surface area contributed by atoms with Gasteiger partial charge in [0.15, 0.2) is 5.78 Å². The van der Waals surface area contributed by atoms with Crippen molar-refractivity contribution in [1.82, 2.24) is 5.01 Å². The van der Waals surface area contributed by atoms with Crippen molar-refractivity contribution in [2.75, 3.05) is 17.4 Å². The van der Waals surface area contributed by atoms with Crippen molar-refractivity contribution in [3.63, 3.8) is 0 Å². The molecule has 2 saturated heterocycles. The number of ether oxygens (including phenoxy) is 1. The van der Waals surface area contributed by atoms with Gasteiger partial charge in [-0.15, -0.1) is 0 Å². The van der Waals surface area contributed by atoms with E-state index < -0.39 is 52.7 Å². The maximum Gasteiger partial charge on any atom is 0.260 e. The lowest BCUT2D eigenvalue weighted by Crippen LogP contribution is -2.53. The molecule has 0 radical (unpaired) electrons. The molecule has 4 aromatic carbocycles. The summed E-state index contributed by atoms with van der Waals surface area (Å²) in [6.07, 6.45) is 2.26. The SMILES string of the molecule is COc1ccc([C@@]23C(=O)N(Nc4ccc(Cl)cc4Cl)C(=O)[C@@H]2C[C@@H]2C(=CC[C@@H]4C(=O)N(c5ccc(C(C)=O)cc5)C(=O)[C@@H]42)[C@@H]3c2cccc(O)c2)cc1. The highest BCUT2D eigenvalue weighted by atomic mass is 35.5. The van der Waals surface area contributed by atoms with Crippen molar-refractivity contribution in [2.45, 2.75) is 31.1 Å². The van der Waals surface area contributed by atoms with E-state index in [9.17, 15) is 24.3 Å². The molecule has 2 aliphatic heterocycles. The van der Waals surface area contributed by atoms with Crippen molar-refractivity contribution in [2.24, 2.45) is 23.7 Å². The van der Waals surface area contributed by atoms with E-state index in [0.29, 0.717) is 33.1 Å². The minimum Gasteiger partial charge on any atom is -0.508 e. The number of phenolic OH excluding ortho intramolecular Hbond substituents is 1. The number of methoxy groups -OCH3 is 1. The molecule has 8 rings (SSSR count). The van der Waals surface area contributed by atoms with Gasteiger partial charge in [-0.05, 0) is 104 Å². The number of fused-ring (bicyclic) bond motifs is 4. The summed E-state index contributed by atoms with van der Waals surface area (Å²) in [6, 6.07) is 24.6. The van der Waals surface area contributed by atoms with Gasteiger partial charge in [-0.2, -0.15) is 5.01 Å². The van der Waals surface area contributed by atoms with Gasteiger partial charge in [-0.3, -0.25) is 34.3 Å². The molecule has 2 aliphatic carbocycles. The first-order valence-electron chi connectivity index (χ1n) is 17.2. The summed E-state index contributed by atoms with van der Waals surface area (Å²) in [5.41, 5.74) is 4.38. The van der Waals surface area contributed by atoms with Crippen LogP contribution in [0.5, 0.6) is 11.5 Å². The van der Waals surface area contributed by atoms with Crippen molar-refractivity contribution < 1.29 is 33.8 Å². The van der Waals surface area contributed by atoms with E-state index in [2.05, 4.69) is 5.43 Å². The number of nitrogens with one attached hydrogen (secondary N) is 1. The third-order valence-electron chi connectivity index (χ3n) is 11.3. The fourth-order valence-corrected chi connectivity index (χ4v) is 9.47. The Labute approximate surface area is 314 Å². The number of anilines is 2. The zero-order chi connectivity index (χ0) is 37.3. The van der Waals surface area contributed by atoms with Crippen molar-refractivity contribution in [3.8, 4) is 11.5 Å². The number of hydrogen-bond acceptors (Lipinski definition) is 8. The smallest absolute Gasteiger partial charge is 0.260 e. The Hall–Kier alpha value is -5.45. The number of halogens is 2.